The molecule has 1 aromatic heterocycles. The minimum Gasteiger partial charge on any atom is -0.491 e. The number of amides is 1. The monoisotopic (exact) mass is 485 g/mol. The van der Waals surface area contributed by atoms with Gasteiger partial charge in [-0.1, -0.05) is 42.0 Å². The molecule has 0 aliphatic heterocycles. The summed E-state index contributed by atoms with van der Waals surface area (Å²) in [6, 6.07) is 20.4. The molecule has 188 valence electrons. The fourth-order valence-electron chi connectivity index (χ4n) is 4.31. The van der Waals surface area contributed by atoms with Gasteiger partial charge in [-0.25, -0.2) is 4.98 Å². The lowest BCUT2D eigenvalue weighted by Gasteiger charge is -2.13. The van der Waals surface area contributed by atoms with Crippen molar-refractivity contribution in [1.82, 2.24) is 14.9 Å². The maximum Gasteiger partial charge on any atom is 0.257 e. The van der Waals surface area contributed by atoms with Gasteiger partial charge in [0.1, 0.15) is 23.9 Å². The van der Waals surface area contributed by atoms with Crippen molar-refractivity contribution in [2.75, 3.05) is 19.8 Å². The van der Waals surface area contributed by atoms with Crippen LogP contribution in [0.25, 0.3) is 11.0 Å². The van der Waals surface area contributed by atoms with Gasteiger partial charge in [0.2, 0.25) is 0 Å². The third-order valence-corrected chi connectivity index (χ3v) is 6.24. The molecule has 3 aromatic carbocycles. The molecule has 0 unspecified atom stereocenters. The lowest BCUT2D eigenvalue weighted by atomic mass is 10.1. The third kappa shape index (κ3) is 6.45. The Morgan fingerprint density at radius 2 is 1.67 bits per heavy atom. The Kier molecular flexibility index (Phi) is 8.26. The van der Waals surface area contributed by atoms with E-state index in [0.717, 1.165) is 57.9 Å². The van der Waals surface area contributed by atoms with Crippen molar-refractivity contribution >= 4 is 16.9 Å². The van der Waals surface area contributed by atoms with Crippen molar-refractivity contribution in [1.29, 1.82) is 0 Å². The van der Waals surface area contributed by atoms with Gasteiger partial charge in [0.15, 0.2) is 6.61 Å². The van der Waals surface area contributed by atoms with E-state index in [0.29, 0.717) is 19.7 Å². The SMILES string of the molecule is Cc1ccc(OCCn2c(CCCNC(=O)COc3cc(C)ccc3C)nc3ccccc32)c(C)c1. The van der Waals surface area contributed by atoms with E-state index >= 15 is 0 Å². The summed E-state index contributed by atoms with van der Waals surface area (Å²) < 4.78 is 14.0. The minimum absolute atomic E-state index is 0.0125. The third-order valence-electron chi connectivity index (χ3n) is 6.24. The second kappa shape index (κ2) is 11.8. The molecule has 36 heavy (non-hydrogen) atoms. The van der Waals surface area contributed by atoms with Crippen LogP contribution in [0, 0.1) is 27.7 Å². The number of nitrogens with zero attached hydrogens (tertiary/aromatic N) is 2. The zero-order valence-electron chi connectivity index (χ0n) is 21.6. The Morgan fingerprint density at radius 1 is 0.889 bits per heavy atom. The highest BCUT2D eigenvalue weighted by Gasteiger charge is 2.11. The molecule has 0 saturated carbocycles. The Bertz CT molecular complexity index is 1340. The number of ether oxygens (including phenoxy) is 2. The molecule has 1 amide bonds. The lowest BCUT2D eigenvalue weighted by molar-refractivity contribution is -0.123. The summed E-state index contributed by atoms with van der Waals surface area (Å²) in [7, 11) is 0. The van der Waals surface area contributed by atoms with Crippen LogP contribution in [0.3, 0.4) is 0 Å². The predicted octanol–water partition coefficient (Wildman–Crippen LogP) is 5.48. The maximum absolute atomic E-state index is 12.3. The summed E-state index contributed by atoms with van der Waals surface area (Å²) in [6.45, 7) is 9.99. The Labute approximate surface area is 213 Å². The molecular weight excluding hydrogens is 450 g/mol. The first-order chi connectivity index (χ1) is 17.4. The number of nitrogens with one attached hydrogen (secondary N) is 1. The van der Waals surface area contributed by atoms with E-state index in [1.165, 1.54) is 5.56 Å². The molecule has 6 heteroatoms. The van der Waals surface area contributed by atoms with Gasteiger partial charge < -0.3 is 19.4 Å². The number of para-hydroxylation sites is 2. The van der Waals surface area contributed by atoms with Crippen LogP contribution >= 0.6 is 0 Å². The zero-order chi connectivity index (χ0) is 25.5. The molecule has 0 aliphatic carbocycles. The van der Waals surface area contributed by atoms with E-state index in [4.69, 9.17) is 14.5 Å². The first-order valence-electron chi connectivity index (χ1n) is 12.5. The number of hydrogen-bond donors (Lipinski definition) is 1. The quantitative estimate of drug-likeness (QED) is 0.286. The second-order valence-corrected chi connectivity index (χ2v) is 9.30. The molecule has 6 nitrogen and oxygen atoms in total. The normalized spacial score (nSPS) is 11.0. The van der Waals surface area contributed by atoms with Gasteiger partial charge >= 0.3 is 0 Å². The summed E-state index contributed by atoms with van der Waals surface area (Å²) >= 11 is 0. The van der Waals surface area contributed by atoms with Crippen LogP contribution in [-0.4, -0.2) is 35.2 Å². The van der Waals surface area contributed by atoms with E-state index in [-0.39, 0.29) is 12.5 Å². The number of aromatic nitrogens is 2. The van der Waals surface area contributed by atoms with E-state index < -0.39 is 0 Å². The fourth-order valence-corrected chi connectivity index (χ4v) is 4.31. The molecule has 0 aliphatic rings. The molecule has 0 atom stereocenters. The number of fused-ring (bicyclic) bond motifs is 1. The van der Waals surface area contributed by atoms with Crippen LogP contribution in [0.2, 0.25) is 0 Å². The van der Waals surface area contributed by atoms with Crippen LogP contribution in [0.1, 0.15) is 34.5 Å². The lowest BCUT2D eigenvalue weighted by Crippen LogP contribution is -2.30. The number of hydrogen-bond acceptors (Lipinski definition) is 4. The highest BCUT2D eigenvalue weighted by atomic mass is 16.5. The number of imidazole rings is 1. The van der Waals surface area contributed by atoms with Crippen LogP contribution in [0.4, 0.5) is 0 Å². The number of carbonyl (C=O) groups excluding carboxylic acids is 1. The van der Waals surface area contributed by atoms with Gasteiger partial charge in [-0.15, -0.1) is 0 Å². The van der Waals surface area contributed by atoms with Crippen molar-refractivity contribution in [3.05, 3.63) is 88.7 Å². The van der Waals surface area contributed by atoms with E-state index in [1.54, 1.807) is 0 Å². The van der Waals surface area contributed by atoms with E-state index in [9.17, 15) is 4.79 Å². The van der Waals surface area contributed by atoms with Crippen molar-refractivity contribution in [2.24, 2.45) is 0 Å². The van der Waals surface area contributed by atoms with Gasteiger partial charge in [0.25, 0.3) is 5.91 Å². The minimum atomic E-state index is -0.119. The van der Waals surface area contributed by atoms with Gasteiger partial charge in [0, 0.05) is 13.0 Å². The van der Waals surface area contributed by atoms with Crippen LogP contribution < -0.4 is 14.8 Å². The Hall–Kier alpha value is -3.80. The molecule has 4 aromatic rings. The van der Waals surface area contributed by atoms with Crippen LogP contribution in [0.5, 0.6) is 11.5 Å². The van der Waals surface area contributed by atoms with Crippen molar-refractivity contribution in [2.45, 2.75) is 47.1 Å². The Balaban J connectivity index is 1.30. The van der Waals surface area contributed by atoms with Crippen molar-refractivity contribution in [3.63, 3.8) is 0 Å². The van der Waals surface area contributed by atoms with E-state index in [1.807, 2.05) is 56.3 Å². The number of rotatable bonds is 11. The fraction of sp³-hybridized carbons (Fsp3) is 0.333. The second-order valence-electron chi connectivity index (χ2n) is 9.30. The molecule has 0 radical (unpaired) electrons. The smallest absolute Gasteiger partial charge is 0.257 e. The number of benzene rings is 3. The van der Waals surface area contributed by atoms with Gasteiger partial charge in [0.05, 0.1) is 17.6 Å². The molecule has 0 fully saturated rings. The summed E-state index contributed by atoms with van der Waals surface area (Å²) in [5.41, 5.74) is 6.58. The molecule has 0 saturated heterocycles. The molecule has 0 bridgehead atoms. The molecule has 1 N–H and O–H groups in total. The zero-order valence-corrected chi connectivity index (χ0v) is 21.6. The highest BCUT2D eigenvalue weighted by molar-refractivity contribution is 5.77. The number of carbonyl (C=O) groups is 1. The largest absolute Gasteiger partial charge is 0.491 e. The van der Waals surface area contributed by atoms with Crippen LogP contribution in [-0.2, 0) is 17.8 Å². The molecule has 1 heterocycles. The maximum atomic E-state index is 12.3. The molecular formula is C30H35N3O3. The standard InChI is InChI=1S/C30H35N3O3/c1-21-12-14-27(24(4)18-21)35-17-16-33-26-9-6-5-8-25(26)32-29(33)10-7-15-31-30(34)20-36-28-19-22(2)11-13-23(28)3/h5-6,8-9,11-14,18-19H,7,10,15-17,20H2,1-4H3,(H,31,34). The predicted molar refractivity (Wildman–Crippen MR) is 144 cm³/mol. The Morgan fingerprint density at radius 3 is 2.50 bits per heavy atom. The number of aryl methyl sites for hydroxylation is 5. The highest BCUT2D eigenvalue weighted by Crippen LogP contribution is 2.21. The summed E-state index contributed by atoms with van der Waals surface area (Å²) in [6.07, 6.45) is 1.55. The summed E-state index contributed by atoms with van der Waals surface area (Å²) in [5.74, 6) is 2.55. The van der Waals surface area contributed by atoms with Gasteiger partial charge in [-0.2, -0.15) is 0 Å². The van der Waals surface area contributed by atoms with Crippen molar-refractivity contribution < 1.29 is 14.3 Å². The summed E-state index contributed by atoms with van der Waals surface area (Å²) in [4.78, 5) is 17.1. The first-order valence-corrected chi connectivity index (χ1v) is 12.5. The molecule has 0 spiro atoms. The summed E-state index contributed by atoms with van der Waals surface area (Å²) in [5, 5.41) is 2.96. The first kappa shape index (κ1) is 25.3. The van der Waals surface area contributed by atoms with Crippen LogP contribution in [0.15, 0.2) is 60.7 Å². The van der Waals surface area contributed by atoms with Gasteiger partial charge in [-0.05, 0) is 75.1 Å². The average Bonchev–Trinajstić information content (AvgIpc) is 3.21. The van der Waals surface area contributed by atoms with Crippen molar-refractivity contribution in [3.8, 4) is 11.5 Å². The van der Waals surface area contributed by atoms with E-state index in [2.05, 4.69) is 41.9 Å². The van der Waals surface area contributed by atoms with Gasteiger partial charge in [-0.3, -0.25) is 4.79 Å². The molecule has 4 rings (SSSR count). The average molecular weight is 486 g/mol. The topological polar surface area (TPSA) is 65.4 Å².